The highest BCUT2D eigenvalue weighted by atomic mass is 16.4. The van der Waals surface area contributed by atoms with Gasteiger partial charge in [0.05, 0.1) is 5.92 Å². The third-order valence-electron chi connectivity index (χ3n) is 2.87. The second kappa shape index (κ2) is 3.92. The Morgan fingerprint density at radius 1 is 1.56 bits per heavy atom. The first-order valence-electron chi connectivity index (χ1n) is 5.07. The van der Waals surface area contributed by atoms with Crippen LogP contribution in [0.4, 0.5) is 5.82 Å². The number of aliphatic carboxylic acids is 1. The number of carbonyl (C=O) groups excluding carboxylic acids is 1. The van der Waals surface area contributed by atoms with E-state index in [2.05, 4.69) is 4.98 Å². The van der Waals surface area contributed by atoms with Gasteiger partial charge >= 0.3 is 5.97 Å². The van der Waals surface area contributed by atoms with E-state index in [9.17, 15) is 9.59 Å². The summed E-state index contributed by atoms with van der Waals surface area (Å²) in [4.78, 5) is 28.2. The molecule has 84 valence electrons. The Morgan fingerprint density at radius 2 is 2.31 bits per heavy atom. The van der Waals surface area contributed by atoms with Crippen molar-refractivity contribution in [3.05, 3.63) is 24.4 Å². The molecule has 5 heteroatoms. The van der Waals surface area contributed by atoms with Crippen molar-refractivity contribution in [3.63, 3.8) is 0 Å². The van der Waals surface area contributed by atoms with Gasteiger partial charge in [0.2, 0.25) is 5.91 Å². The van der Waals surface area contributed by atoms with E-state index >= 15 is 0 Å². The van der Waals surface area contributed by atoms with Crippen molar-refractivity contribution in [2.75, 3.05) is 4.90 Å². The Kier molecular flexibility index (Phi) is 2.60. The standard InChI is InChI=1S/C11H12N2O3/c1-7-8(11(15)16)6-10(14)13(7)9-4-2-3-5-12-9/h2-5,7-8H,6H2,1H3,(H,15,16)/t7-,8+/m1/s1. The lowest BCUT2D eigenvalue weighted by molar-refractivity contribution is -0.142. The molecular weight excluding hydrogens is 208 g/mol. The number of aromatic nitrogens is 1. The maximum absolute atomic E-state index is 11.7. The van der Waals surface area contributed by atoms with Crippen LogP contribution >= 0.6 is 0 Å². The van der Waals surface area contributed by atoms with E-state index in [1.165, 1.54) is 4.90 Å². The maximum Gasteiger partial charge on any atom is 0.309 e. The number of hydrogen-bond acceptors (Lipinski definition) is 3. The van der Waals surface area contributed by atoms with Crippen LogP contribution in [0.15, 0.2) is 24.4 Å². The van der Waals surface area contributed by atoms with E-state index in [1.807, 2.05) is 0 Å². The van der Waals surface area contributed by atoms with Gasteiger partial charge in [0, 0.05) is 18.7 Å². The van der Waals surface area contributed by atoms with Crippen LogP contribution in [0.3, 0.4) is 0 Å². The number of nitrogens with zero attached hydrogens (tertiary/aromatic N) is 2. The molecule has 0 unspecified atom stereocenters. The van der Waals surface area contributed by atoms with Crippen LogP contribution in [0.2, 0.25) is 0 Å². The summed E-state index contributed by atoms with van der Waals surface area (Å²) >= 11 is 0. The van der Waals surface area contributed by atoms with Crippen LogP contribution in [-0.2, 0) is 9.59 Å². The third-order valence-corrected chi connectivity index (χ3v) is 2.87. The molecule has 2 atom stereocenters. The fraction of sp³-hybridized carbons (Fsp3) is 0.364. The van der Waals surface area contributed by atoms with Crippen LogP contribution in [0.25, 0.3) is 0 Å². The quantitative estimate of drug-likeness (QED) is 0.804. The second-order valence-corrected chi connectivity index (χ2v) is 3.84. The van der Waals surface area contributed by atoms with Crippen LogP contribution in [0.1, 0.15) is 13.3 Å². The molecule has 1 fully saturated rings. The molecule has 2 heterocycles. The van der Waals surface area contributed by atoms with Crippen LogP contribution in [0, 0.1) is 5.92 Å². The third kappa shape index (κ3) is 1.64. The van der Waals surface area contributed by atoms with Gasteiger partial charge in [-0.05, 0) is 19.1 Å². The molecule has 0 radical (unpaired) electrons. The molecule has 16 heavy (non-hydrogen) atoms. The summed E-state index contributed by atoms with van der Waals surface area (Å²) in [6.07, 6.45) is 1.64. The predicted molar refractivity (Wildman–Crippen MR) is 56.9 cm³/mol. The lowest BCUT2D eigenvalue weighted by Crippen LogP contribution is -2.35. The molecule has 1 aromatic rings. The minimum atomic E-state index is -0.931. The van der Waals surface area contributed by atoms with Crippen molar-refractivity contribution < 1.29 is 14.7 Å². The molecule has 1 amide bonds. The number of hydrogen-bond donors (Lipinski definition) is 1. The monoisotopic (exact) mass is 220 g/mol. The van der Waals surface area contributed by atoms with Gasteiger partial charge in [-0.1, -0.05) is 6.07 Å². The summed E-state index contributed by atoms with van der Waals surface area (Å²) in [5.74, 6) is -1.24. The molecule has 0 bridgehead atoms. The molecule has 0 spiro atoms. The largest absolute Gasteiger partial charge is 0.481 e. The van der Waals surface area contributed by atoms with E-state index in [0.717, 1.165) is 0 Å². The van der Waals surface area contributed by atoms with Crippen molar-refractivity contribution in [3.8, 4) is 0 Å². The second-order valence-electron chi connectivity index (χ2n) is 3.84. The summed E-state index contributed by atoms with van der Waals surface area (Å²) in [5, 5.41) is 8.97. The number of carboxylic acids is 1. The molecule has 1 aliphatic heterocycles. The maximum atomic E-state index is 11.7. The predicted octanol–water partition coefficient (Wildman–Crippen LogP) is 0.908. The summed E-state index contributed by atoms with van der Waals surface area (Å²) < 4.78 is 0. The van der Waals surface area contributed by atoms with Crippen molar-refractivity contribution in [1.82, 2.24) is 4.98 Å². The minimum absolute atomic E-state index is 0.0487. The number of amides is 1. The zero-order chi connectivity index (χ0) is 11.7. The molecule has 1 saturated heterocycles. The fourth-order valence-corrected chi connectivity index (χ4v) is 1.99. The van der Waals surface area contributed by atoms with E-state index in [1.54, 1.807) is 31.3 Å². The van der Waals surface area contributed by atoms with E-state index in [4.69, 9.17) is 5.11 Å². The molecule has 1 aliphatic rings. The normalized spacial score (nSPS) is 24.8. The number of pyridine rings is 1. The summed E-state index contributed by atoms with van der Waals surface area (Å²) in [7, 11) is 0. The SMILES string of the molecule is C[C@@H]1[C@@H](C(=O)O)CC(=O)N1c1ccccn1. The average molecular weight is 220 g/mol. The summed E-state index contributed by atoms with van der Waals surface area (Å²) in [5.41, 5.74) is 0. The molecule has 1 N–H and O–H groups in total. The van der Waals surface area contributed by atoms with Gasteiger partial charge in [-0.3, -0.25) is 14.5 Å². The highest BCUT2D eigenvalue weighted by Crippen LogP contribution is 2.29. The van der Waals surface area contributed by atoms with Gasteiger partial charge in [-0.15, -0.1) is 0 Å². The first-order chi connectivity index (χ1) is 7.61. The number of carbonyl (C=O) groups is 2. The summed E-state index contributed by atoms with van der Waals surface area (Å²) in [6.45, 7) is 1.73. The molecule has 0 aromatic carbocycles. The molecule has 0 aliphatic carbocycles. The first kappa shape index (κ1) is 10.6. The van der Waals surface area contributed by atoms with Crippen LogP contribution in [-0.4, -0.2) is 28.0 Å². The zero-order valence-corrected chi connectivity index (χ0v) is 8.83. The van der Waals surface area contributed by atoms with Crippen LogP contribution < -0.4 is 4.90 Å². The Hall–Kier alpha value is -1.91. The molecule has 0 saturated carbocycles. The van der Waals surface area contributed by atoms with Crippen LogP contribution in [0.5, 0.6) is 0 Å². The molecule has 1 aromatic heterocycles. The van der Waals surface area contributed by atoms with E-state index < -0.39 is 11.9 Å². The average Bonchev–Trinajstić information content (AvgIpc) is 2.56. The first-order valence-corrected chi connectivity index (χ1v) is 5.07. The highest BCUT2D eigenvalue weighted by molar-refractivity contribution is 5.99. The molecule has 5 nitrogen and oxygen atoms in total. The number of rotatable bonds is 2. The lowest BCUT2D eigenvalue weighted by Gasteiger charge is -2.21. The van der Waals surface area contributed by atoms with Gasteiger partial charge in [-0.25, -0.2) is 4.98 Å². The van der Waals surface area contributed by atoms with Crippen molar-refractivity contribution >= 4 is 17.7 Å². The smallest absolute Gasteiger partial charge is 0.309 e. The topological polar surface area (TPSA) is 70.5 Å². The molecule has 2 rings (SSSR count). The van der Waals surface area contributed by atoms with Gasteiger partial charge < -0.3 is 5.11 Å². The Labute approximate surface area is 92.7 Å². The van der Waals surface area contributed by atoms with Gasteiger partial charge in [-0.2, -0.15) is 0 Å². The summed E-state index contributed by atoms with van der Waals surface area (Å²) in [6, 6.07) is 4.89. The lowest BCUT2D eigenvalue weighted by atomic mass is 10.0. The Balaban J connectivity index is 2.30. The number of carboxylic acid groups (broad SMARTS) is 1. The van der Waals surface area contributed by atoms with Gasteiger partial charge in [0.1, 0.15) is 5.82 Å². The zero-order valence-electron chi connectivity index (χ0n) is 8.83. The Bertz CT molecular complexity index is 418. The number of anilines is 1. The van der Waals surface area contributed by atoms with Gasteiger partial charge in [0.25, 0.3) is 0 Å². The molecular formula is C11H12N2O3. The van der Waals surface area contributed by atoms with E-state index in [-0.39, 0.29) is 18.4 Å². The van der Waals surface area contributed by atoms with Crippen molar-refractivity contribution in [2.45, 2.75) is 19.4 Å². The van der Waals surface area contributed by atoms with Crippen molar-refractivity contribution in [2.24, 2.45) is 5.92 Å². The van der Waals surface area contributed by atoms with E-state index in [0.29, 0.717) is 5.82 Å². The highest BCUT2D eigenvalue weighted by Gasteiger charge is 2.42. The Morgan fingerprint density at radius 3 is 2.81 bits per heavy atom. The van der Waals surface area contributed by atoms with Crippen molar-refractivity contribution in [1.29, 1.82) is 0 Å². The minimum Gasteiger partial charge on any atom is -0.481 e. The fourth-order valence-electron chi connectivity index (χ4n) is 1.99. The van der Waals surface area contributed by atoms with Gasteiger partial charge in [0.15, 0.2) is 0 Å².